The van der Waals surface area contributed by atoms with E-state index in [0.29, 0.717) is 12.3 Å². The van der Waals surface area contributed by atoms with Crippen molar-refractivity contribution in [3.05, 3.63) is 35.9 Å². The largest absolute Gasteiger partial charge is 0.342 e. The molecule has 6 heteroatoms. The number of piperazine rings is 1. The van der Waals surface area contributed by atoms with Crippen molar-refractivity contribution in [2.75, 3.05) is 33.2 Å². The molecule has 3 aliphatic heterocycles. The van der Waals surface area contributed by atoms with Gasteiger partial charge in [-0.3, -0.25) is 14.5 Å². The van der Waals surface area contributed by atoms with Gasteiger partial charge in [0.05, 0.1) is 0 Å². The Morgan fingerprint density at radius 1 is 1.10 bits per heavy atom. The van der Waals surface area contributed by atoms with E-state index in [9.17, 15) is 9.59 Å². The monoisotopic (exact) mass is 412 g/mol. The maximum absolute atomic E-state index is 13.7. The molecule has 2 atom stereocenters. The SMILES string of the molecule is CC(C)CC1NC(=O)C2(CCN(C)CC2)N(C2CCN(Cc3ccccc3)C2)C1=O. The van der Waals surface area contributed by atoms with E-state index in [1.54, 1.807) is 0 Å². The first kappa shape index (κ1) is 21.3. The van der Waals surface area contributed by atoms with Crippen LogP contribution in [-0.4, -0.2) is 77.4 Å². The van der Waals surface area contributed by atoms with Crippen molar-refractivity contribution in [3.63, 3.8) is 0 Å². The third-order valence-electron chi connectivity index (χ3n) is 7.11. The van der Waals surface area contributed by atoms with Crippen LogP contribution in [0.3, 0.4) is 0 Å². The molecule has 0 aromatic heterocycles. The summed E-state index contributed by atoms with van der Waals surface area (Å²) in [6.07, 6.45) is 3.10. The number of carbonyl (C=O) groups is 2. The Bertz CT molecular complexity index is 758. The maximum Gasteiger partial charge on any atom is 0.246 e. The normalized spacial score (nSPS) is 27.8. The summed E-state index contributed by atoms with van der Waals surface area (Å²) < 4.78 is 0. The number of likely N-dealkylation sites (tertiary alicyclic amines) is 2. The maximum atomic E-state index is 13.7. The smallest absolute Gasteiger partial charge is 0.246 e. The third-order valence-corrected chi connectivity index (χ3v) is 7.11. The number of amides is 2. The van der Waals surface area contributed by atoms with E-state index in [-0.39, 0.29) is 23.9 Å². The summed E-state index contributed by atoms with van der Waals surface area (Å²) in [5, 5.41) is 3.12. The van der Waals surface area contributed by atoms with Crippen molar-refractivity contribution >= 4 is 11.8 Å². The van der Waals surface area contributed by atoms with Crippen molar-refractivity contribution in [2.24, 2.45) is 5.92 Å². The van der Waals surface area contributed by atoms with Gasteiger partial charge in [0.2, 0.25) is 11.8 Å². The summed E-state index contributed by atoms with van der Waals surface area (Å²) in [4.78, 5) is 33.9. The Kier molecular flexibility index (Phi) is 6.16. The molecule has 6 nitrogen and oxygen atoms in total. The van der Waals surface area contributed by atoms with Gasteiger partial charge in [0.1, 0.15) is 11.6 Å². The molecule has 30 heavy (non-hydrogen) atoms. The fourth-order valence-electron chi connectivity index (χ4n) is 5.47. The summed E-state index contributed by atoms with van der Waals surface area (Å²) >= 11 is 0. The van der Waals surface area contributed by atoms with Crippen molar-refractivity contribution in [1.82, 2.24) is 20.0 Å². The summed E-state index contributed by atoms with van der Waals surface area (Å²) in [6, 6.07) is 10.2. The molecule has 0 aliphatic carbocycles. The fraction of sp³-hybridized carbons (Fsp3) is 0.667. The Labute approximate surface area is 180 Å². The van der Waals surface area contributed by atoms with Crippen LogP contribution in [0.5, 0.6) is 0 Å². The second-order valence-electron chi connectivity index (χ2n) is 9.86. The molecule has 2 unspecified atom stereocenters. The van der Waals surface area contributed by atoms with Gasteiger partial charge in [0, 0.05) is 38.8 Å². The van der Waals surface area contributed by atoms with Gasteiger partial charge in [-0.05, 0) is 44.2 Å². The lowest BCUT2D eigenvalue weighted by Crippen LogP contribution is -2.74. The Morgan fingerprint density at radius 2 is 1.80 bits per heavy atom. The second-order valence-corrected chi connectivity index (χ2v) is 9.86. The van der Waals surface area contributed by atoms with Gasteiger partial charge < -0.3 is 15.1 Å². The molecule has 1 aromatic rings. The lowest BCUT2D eigenvalue weighted by molar-refractivity contribution is -0.165. The zero-order valence-corrected chi connectivity index (χ0v) is 18.6. The quantitative estimate of drug-likeness (QED) is 0.805. The minimum atomic E-state index is -0.676. The van der Waals surface area contributed by atoms with E-state index >= 15 is 0 Å². The molecule has 3 heterocycles. The number of piperidine rings is 1. The van der Waals surface area contributed by atoms with Crippen LogP contribution in [0.2, 0.25) is 0 Å². The van der Waals surface area contributed by atoms with Gasteiger partial charge in [-0.2, -0.15) is 0 Å². The van der Waals surface area contributed by atoms with Crippen LogP contribution in [0.15, 0.2) is 30.3 Å². The predicted octanol–water partition coefficient (Wildman–Crippen LogP) is 2.10. The number of nitrogens with one attached hydrogen (secondary N) is 1. The molecule has 3 saturated heterocycles. The summed E-state index contributed by atoms with van der Waals surface area (Å²) in [5.41, 5.74) is 0.623. The van der Waals surface area contributed by atoms with Crippen molar-refractivity contribution in [3.8, 4) is 0 Å². The molecule has 1 N–H and O–H groups in total. The molecule has 1 aromatic carbocycles. The van der Waals surface area contributed by atoms with E-state index < -0.39 is 5.54 Å². The van der Waals surface area contributed by atoms with Crippen LogP contribution in [-0.2, 0) is 16.1 Å². The van der Waals surface area contributed by atoms with Gasteiger partial charge in [0.15, 0.2) is 0 Å². The summed E-state index contributed by atoms with van der Waals surface area (Å²) in [7, 11) is 2.10. The minimum absolute atomic E-state index is 0.0716. The molecule has 3 aliphatic rings. The highest BCUT2D eigenvalue weighted by molar-refractivity contribution is 6.00. The fourth-order valence-corrected chi connectivity index (χ4v) is 5.47. The van der Waals surface area contributed by atoms with Crippen molar-refractivity contribution < 1.29 is 9.59 Å². The molecule has 1 spiro atoms. The predicted molar refractivity (Wildman–Crippen MR) is 118 cm³/mol. The van der Waals surface area contributed by atoms with E-state index in [2.05, 4.69) is 65.2 Å². The van der Waals surface area contributed by atoms with Gasteiger partial charge in [0.25, 0.3) is 0 Å². The summed E-state index contributed by atoms with van der Waals surface area (Å²) in [5.74, 6) is 0.576. The zero-order valence-electron chi connectivity index (χ0n) is 18.6. The standard InChI is InChI=1S/C24H36N4O2/c1-18(2)15-21-22(29)28(24(23(30)25-21)10-13-26(3)14-11-24)20-9-12-27(17-20)16-19-7-5-4-6-8-19/h4-8,18,20-21H,9-17H2,1-3H3,(H,25,30). The number of hydrogen-bond acceptors (Lipinski definition) is 4. The van der Waals surface area contributed by atoms with Crippen LogP contribution < -0.4 is 5.32 Å². The molecule has 2 amide bonds. The Balaban J connectivity index is 1.56. The summed E-state index contributed by atoms with van der Waals surface area (Å²) in [6.45, 7) is 8.65. The molecular weight excluding hydrogens is 376 g/mol. The Hall–Kier alpha value is -1.92. The number of hydrogen-bond donors (Lipinski definition) is 1. The van der Waals surface area contributed by atoms with E-state index in [0.717, 1.165) is 52.0 Å². The van der Waals surface area contributed by atoms with E-state index in [4.69, 9.17) is 0 Å². The lowest BCUT2D eigenvalue weighted by Gasteiger charge is -2.53. The van der Waals surface area contributed by atoms with E-state index in [1.165, 1.54) is 5.56 Å². The van der Waals surface area contributed by atoms with Crippen molar-refractivity contribution in [2.45, 2.75) is 63.7 Å². The number of benzene rings is 1. The average molecular weight is 413 g/mol. The molecule has 164 valence electrons. The van der Waals surface area contributed by atoms with E-state index in [1.807, 2.05) is 6.07 Å². The number of nitrogens with zero attached hydrogens (tertiary/aromatic N) is 3. The molecule has 4 rings (SSSR count). The molecule has 0 radical (unpaired) electrons. The highest BCUT2D eigenvalue weighted by atomic mass is 16.2. The minimum Gasteiger partial charge on any atom is -0.342 e. The molecular formula is C24H36N4O2. The van der Waals surface area contributed by atoms with Crippen molar-refractivity contribution in [1.29, 1.82) is 0 Å². The highest BCUT2D eigenvalue weighted by Crippen LogP contribution is 2.37. The van der Waals surface area contributed by atoms with Crippen LogP contribution in [0.1, 0.15) is 45.1 Å². The van der Waals surface area contributed by atoms with Crippen LogP contribution >= 0.6 is 0 Å². The van der Waals surface area contributed by atoms with Gasteiger partial charge >= 0.3 is 0 Å². The zero-order chi connectivity index (χ0) is 21.3. The lowest BCUT2D eigenvalue weighted by atomic mass is 9.80. The van der Waals surface area contributed by atoms with Gasteiger partial charge in [-0.1, -0.05) is 44.2 Å². The van der Waals surface area contributed by atoms with Gasteiger partial charge in [-0.15, -0.1) is 0 Å². The molecule has 3 fully saturated rings. The topological polar surface area (TPSA) is 55.9 Å². The molecule has 0 bridgehead atoms. The van der Waals surface area contributed by atoms with Gasteiger partial charge in [-0.25, -0.2) is 0 Å². The highest BCUT2D eigenvalue weighted by Gasteiger charge is 2.56. The van der Waals surface area contributed by atoms with Crippen LogP contribution in [0.4, 0.5) is 0 Å². The average Bonchev–Trinajstić information content (AvgIpc) is 3.16. The third kappa shape index (κ3) is 4.12. The first-order chi connectivity index (χ1) is 14.4. The number of carbonyl (C=O) groups excluding carboxylic acids is 2. The Morgan fingerprint density at radius 3 is 2.47 bits per heavy atom. The molecule has 0 saturated carbocycles. The van der Waals surface area contributed by atoms with Crippen LogP contribution in [0, 0.1) is 5.92 Å². The number of rotatable bonds is 5. The second kappa shape index (κ2) is 8.67. The first-order valence-electron chi connectivity index (χ1n) is 11.5. The van der Waals surface area contributed by atoms with Crippen LogP contribution in [0.25, 0.3) is 0 Å². The first-order valence-corrected chi connectivity index (χ1v) is 11.5.